The smallest absolute Gasteiger partial charge is 0.123 e. The Morgan fingerprint density at radius 3 is 2.30 bits per heavy atom. The minimum atomic E-state index is -0.275. The molecule has 2 rings (SSSR count). The summed E-state index contributed by atoms with van der Waals surface area (Å²) in [5, 5.41) is 0. The normalized spacial score (nSPS) is 10.7. The number of nitrogens with two attached hydrogens (primary N) is 1. The van der Waals surface area contributed by atoms with Crippen LogP contribution >= 0.6 is 0 Å². The van der Waals surface area contributed by atoms with Gasteiger partial charge >= 0.3 is 0 Å². The van der Waals surface area contributed by atoms with Gasteiger partial charge in [0.05, 0.1) is 13.2 Å². The topological polar surface area (TPSA) is 47.7 Å². The van der Waals surface area contributed by atoms with Gasteiger partial charge in [0.25, 0.3) is 0 Å². The van der Waals surface area contributed by atoms with Gasteiger partial charge in [-0.3, -0.25) is 0 Å². The third kappa shape index (κ3) is 4.68. The molecule has 0 bridgehead atoms. The van der Waals surface area contributed by atoms with Gasteiger partial charge in [0.2, 0.25) is 0 Å². The van der Waals surface area contributed by atoms with Crippen LogP contribution in [0.25, 0.3) is 11.1 Å². The lowest BCUT2D eigenvalue weighted by atomic mass is 10.0. The van der Waals surface area contributed by atoms with E-state index in [1.165, 1.54) is 12.1 Å². The second-order valence-electron chi connectivity index (χ2n) is 5.25. The fourth-order valence-electron chi connectivity index (χ4n) is 2.42. The van der Waals surface area contributed by atoms with E-state index >= 15 is 0 Å². The van der Waals surface area contributed by atoms with E-state index in [4.69, 9.17) is 15.2 Å². The summed E-state index contributed by atoms with van der Waals surface area (Å²) >= 11 is 0. The molecule has 0 radical (unpaired) electrons. The Hall–Kier alpha value is -2.11. The number of hydrogen-bond acceptors (Lipinski definition) is 4. The van der Waals surface area contributed by atoms with E-state index in [1.54, 1.807) is 20.3 Å². The van der Waals surface area contributed by atoms with Crippen LogP contribution < -0.4 is 10.6 Å². The monoisotopic (exact) mass is 318 g/mol. The molecule has 0 aromatic heterocycles. The van der Waals surface area contributed by atoms with Gasteiger partial charge in [0.1, 0.15) is 5.82 Å². The Morgan fingerprint density at radius 1 is 1.00 bits per heavy atom. The number of nitrogen functional groups attached to an aromatic ring is 1. The van der Waals surface area contributed by atoms with Crippen molar-refractivity contribution in [3.63, 3.8) is 0 Å². The summed E-state index contributed by atoms with van der Waals surface area (Å²) in [6.45, 7) is 2.71. The molecule has 0 fully saturated rings. The molecule has 0 unspecified atom stereocenters. The zero-order valence-electron chi connectivity index (χ0n) is 13.6. The number of benzene rings is 2. The Labute approximate surface area is 136 Å². The van der Waals surface area contributed by atoms with Crippen molar-refractivity contribution in [1.82, 2.24) is 0 Å². The number of anilines is 2. The average molecular weight is 318 g/mol. The third-order valence-corrected chi connectivity index (χ3v) is 3.67. The second-order valence-corrected chi connectivity index (χ2v) is 5.25. The Kier molecular flexibility index (Phi) is 6.38. The van der Waals surface area contributed by atoms with Crippen LogP contribution in [0.2, 0.25) is 0 Å². The fourth-order valence-corrected chi connectivity index (χ4v) is 2.42. The molecule has 0 aliphatic carbocycles. The highest BCUT2D eigenvalue weighted by Gasteiger charge is 2.10. The van der Waals surface area contributed by atoms with E-state index in [9.17, 15) is 4.39 Å². The lowest BCUT2D eigenvalue weighted by Gasteiger charge is -2.25. The molecule has 0 aliphatic rings. The molecule has 2 aromatic rings. The van der Waals surface area contributed by atoms with Gasteiger partial charge in [-0.05, 0) is 35.9 Å². The minimum Gasteiger partial charge on any atom is -0.398 e. The van der Waals surface area contributed by atoms with E-state index in [0.717, 1.165) is 29.9 Å². The van der Waals surface area contributed by atoms with Gasteiger partial charge in [-0.25, -0.2) is 4.39 Å². The van der Waals surface area contributed by atoms with Crippen molar-refractivity contribution in [2.45, 2.75) is 0 Å². The molecule has 124 valence electrons. The first-order valence-corrected chi connectivity index (χ1v) is 7.54. The summed E-state index contributed by atoms with van der Waals surface area (Å²) in [6, 6.07) is 12.2. The van der Waals surface area contributed by atoms with Gasteiger partial charge in [-0.2, -0.15) is 0 Å². The molecule has 0 spiro atoms. The molecular weight excluding hydrogens is 295 g/mol. The maximum Gasteiger partial charge on any atom is 0.123 e. The number of ether oxygens (including phenoxy) is 2. The summed E-state index contributed by atoms with van der Waals surface area (Å²) in [4.78, 5) is 2.16. The molecule has 0 aliphatic heterocycles. The SMILES string of the molecule is COCCN(CCOC)c1ccc(N)c(-c2cccc(F)c2)c1. The van der Waals surface area contributed by atoms with Crippen molar-refractivity contribution in [2.75, 3.05) is 51.2 Å². The molecular formula is C18H23FN2O2. The van der Waals surface area contributed by atoms with E-state index in [2.05, 4.69) is 4.90 Å². The van der Waals surface area contributed by atoms with Crippen LogP contribution in [-0.4, -0.2) is 40.5 Å². The average Bonchev–Trinajstić information content (AvgIpc) is 2.56. The summed E-state index contributed by atoms with van der Waals surface area (Å²) in [5.41, 5.74) is 9.30. The largest absolute Gasteiger partial charge is 0.398 e. The van der Waals surface area contributed by atoms with Crippen molar-refractivity contribution in [3.05, 3.63) is 48.3 Å². The molecule has 2 aromatic carbocycles. The van der Waals surface area contributed by atoms with Crippen molar-refractivity contribution < 1.29 is 13.9 Å². The molecule has 23 heavy (non-hydrogen) atoms. The number of nitrogens with zero attached hydrogens (tertiary/aromatic N) is 1. The molecule has 0 atom stereocenters. The first kappa shape index (κ1) is 17.2. The fraction of sp³-hybridized carbons (Fsp3) is 0.333. The van der Waals surface area contributed by atoms with Crippen LogP contribution in [0.4, 0.5) is 15.8 Å². The maximum absolute atomic E-state index is 13.5. The molecule has 0 amide bonds. The first-order chi connectivity index (χ1) is 11.2. The summed E-state index contributed by atoms with van der Waals surface area (Å²) in [5.74, 6) is -0.275. The van der Waals surface area contributed by atoms with Crippen molar-refractivity contribution in [3.8, 4) is 11.1 Å². The summed E-state index contributed by atoms with van der Waals surface area (Å²) in [6.07, 6.45) is 0. The quantitative estimate of drug-likeness (QED) is 0.760. The van der Waals surface area contributed by atoms with E-state index < -0.39 is 0 Å². The Morgan fingerprint density at radius 2 is 1.70 bits per heavy atom. The van der Waals surface area contributed by atoms with Crippen LogP contribution in [0.15, 0.2) is 42.5 Å². The standard InChI is InChI=1S/C18H23FN2O2/c1-22-10-8-21(9-11-23-2)16-6-7-18(20)17(13-16)14-4-3-5-15(19)12-14/h3-7,12-13H,8-11,20H2,1-2H3. The minimum absolute atomic E-state index is 0.275. The highest BCUT2D eigenvalue weighted by molar-refractivity contribution is 5.79. The van der Waals surface area contributed by atoms with Gasteiger partial charge in [-0.1, -0.05) is 12.1 Å². The molecule has 2 N–H and O–H groups in total. The van der Waals surface area contributed by atoms with E-state index in [0.29, 0.717) is 18.9 Å². The first-order valence-electron chi connectivity index (χ1n) is 7.54. The molecule has 5 heteroatoms. The predicted octanol–water partition coefficient (Wildman–Crippen LogP) is 3.17. The number of methoxy groups -OCH3 is 2. The van der Waals surface area contributed by atoms with Crippen LogP contribution in [-0.2, 0) is 9.47 Å². The number of rotatable bonds is 8. The lowest BCUT2D eigenvalue weighted by molar-refractivity contribution is 0.190. The van der Waals surface area contributed by atoms with Crippen molar-refractivity contribution in [1.29, 1.82) is 0 Å². The molecule has 0 saturated heterocycles. The number of halogens is 1. The highest BCUT2D eigenvalue weighted by Crippen LogP contribution is 2.30. The zero-order chi connectivity index (χ0) is 16.7. The molecule has 4 nitrogen and oxygen atoms in total. The summed E-state index contributed by atoms with van der Waals surface area (Å²) < 4.78 is 23.8. The van der Waals surface area contributed by atoms with Gasteiger partial charge in [0.15, 0.2) is 0 Å². The van der Waals surface area contributed by atoms with Crippen molar-refractivity contribution in [2.24, 2.45) is 0 Å². The molecule has 0 heterocycles. The molecule has 0 saturated carbocycles. The Balaban J connectivity index is 2.33. The van der Waals surface area contributed by atoms with Crippen molar-refractivity contribution >= 4 is 11.4 Å². The second kappa shape index (κ2) is 8.50. The van der Waals surface area contributed by atoms with Crippen LogP contribution in [0.5, 0.6) is 0 Å². The van der Waals surface area contributed by atoms with Crippen LogP contribution in [0, 0.1) is 5.82 Å². The summed E-state index contributed by atoms with van der Waals surface area (Å²) in [7, 11) is 3.35. The zero-order valence-corrected chi connectivity index (χ0v) is 13.6. The van der Waals surface area contributed by atoms with Crippen LogP contribution in [0.1, 0.15) is 0 Å². The van der Waals surface area contributed by atoms with Gasteiger partial charge < -0.3 is 20.1 Å². The van der Waals surface area contributed by atoms with Crippen LogP contribution in [0.3, 0.4) is 0 Å². The lowest BCUT2D eigenvalue weighted by Crippen LogP contribution is -2.30. The number of hydrogen-bond donors (Lipinski definition) is 1. The Bertz CT molecular complexity index is 626. The van der Waals surface area contributed by atoms with E-state index in [1.807, 2.05) is 24.3 Å². The highest BCUT2D eigenvalue weighted by atomic mass is 19.1. The van der Waals surface area contributed by atoms with Gasteiger partial charge in [0, 0.05) is 44.2 Å². The van der Waals surface area contributed by atoms with Gasteiger partial charge in [-0.15, -0.1) is 0 Å². The predicted molar refractivity (Wildman–Crippen MR) is 92.2 cm³/mol. The van der Waals surface area contributed by atoms with E-state index in [-0.39, 0.29) is 5.82 Å². The maximum atomic E-state index is 13.5. The third-order valence-electron chi connectivity index (χ3n) is 3.67.